The van der Waals surface area contributed by atoms with E-state index in [1.165, 1.54) is 23.0 Å². The molecule has 0 spiro atoms. The summed E-state index contributed by atoms with van der Waals surface area (Å²) in [6, 6.07) is -0.433. The highest BCUT2D eigenvalue weighted by Gasteiger charge is 2.46. The first-order chi connectivity index (χ1) is 36.1. The normalized spacial score (nSPS) is 16.8. The maximum Gasteiger partial charge on any atom is 0.343 e. The SMILES string of the molecule is CC[C@@]1(O)C(=O)OCc2c1cc1n(c2=O)Cc2c-1nc1cc(F)c(C)c3c1c2[C@@H](NC(=O)COCNC(=O)[C@H](CCCN=C(N)N)NC(=O)CNC(=O)[C@H](CO)NC(=O)CCCC#Cc1cnc(S(C)(=O)=O)nc1)CC3. The molecule has 25 nitrogen and oxygen atoms in total. The molecule has 11 N–H and O–H groups in total. The minimum atomic E-state index is -3.57. The van der Waals surface area contributed by atoms with Gasteiger partial charge < -0.3 is 62.3 Å². The molecule has 0 unspecified atom stereocenters. The van der Waals surface area contributed by atoms with Crippen LogP contribution in [0.4, 0.5) is 4.39 Å². The number of hydrogen-bond donors (Lipinski definition) is 9. The van der Waals surface area contributed by atoms with Crippen LogP contribution in [0.25, 0.3) is 22.3 Å². The summed E-state index contributed by atoms with van der Waals surface area (Å²) in [5, 5.41) is 34.2. The molecule has 7 rings (SSSR count). The molecule has 0 bridgehead atoms. The number of pyridine rings is 2. The van der Waals surface area contributed by atoms with E-state index in [1.54, 1.807) is 19.9 Å². The molecule has 27 heteroatoms. The summed E-state index contributed by atoms with van der Waals surface area (Å²) in [6.45, 7) is 0.581. The number of aryl methyl sites for hydroxylation is 1. The minimum Gasteiger partial charge on any atom is -0.458 e. The topological polar surface area (TPSA) is 381 Å². The second-order valence-electron chi connectivity index (χ2n) is 18.3. The van der Waals surface area contributed by atoms with Crippen LogP contribution in [-0.4, -0.2) is 131 Å². The van der Waals surface area contributed by atoms with Crippen molar-refractivity contribution in [1.82, 2.24) is 46.1 Å². The van der Waals surface area contributed by atoms with Gasteiger partial charge in [-0.15, -0.1) is 0 Å². The first-order valence-electron chi connectivity index (χ1n) is 24.1. The van der Waals surface area contributed by atoms with Crippen LogP contribution in [0.2, 0.25) is 0 Å². The van der Waals surface area contributed by atoms with Gasteiger partial charge in [-0.1, -0.05) is 18.8 Å². The number of sulfone groups is 1. The number of fused-ring (bicyclic) bond motifs is 5. The number of cyclic esters (lactones) is 1. The zero-order chi connectivity index (χ0) is 55.1. The number of nitrogens with two attached hydrogens (primary N) is 2. The number of guanidine groups is 1. The molecular weight excluding hydrogens is 1020 g/mol. The highest BCUT2D eigenvalue weighted by molar-refractivity contribution is 7.90. The van der Waals surface area contributed by atoms with E-state index in [0.29, 0.717) is 57.4 Å². The number of aliphatic hydroxyl groups is 2. The Morgan fingerprint density at radius 2 is 1.75 bits per heavy atom. The number of aromatic nitrogens is 4. The van der Waals surface area contributed by atoms with Gasteiger partial charge in [-0.2, -0.15) is 0 Å². The molecule has 404 valence electrons. The van der Waals surface area contributed by atoms with Gasteiger partial charge in [0.1, 0.15) is 37.8 Å². The Bertz CT molecular complexity index is 3260. The summed E-state index contributed by atoms with van der Waals surface area (Å²) in [6.07, 6.45) is 4.84. The summed E-state index contributed by atoms with van der Waals surface area (Å²) in [7, 11) is -3.57. The smallest absolute Gasteiger partial charge is 0.343 e. The number of carbonyl (C=O) groups is 6. The molecule has 3 aromatic heterocycles. The summed E-state index contributed by atoms with van der Waals surface area (Å²) < 4.78 is 50.7. The van der Waals surface area contributed by atoms with Crippen molar-refractivity contribution in [2.45, 2.75) is 107 Å². The van der Waals surface area contributed by atoms with Crippen molar-refractivity contribution < 1.29 is 61.3 Å². The van der Waals surface area contributed by atoms with E-state index in [9.17, 15) is 52.2 Å². The monoisotopic (exact) mass is 1070 g/mol. The quantitative estimate of drug-likeness (QED) is 0.00750. The number of esters is 1. The molecule has 0 saturated heterocycles. The number of rotatable bonds is 21. The third-order valence-corrected chi connectivity index (χ3v) is 13.9. The van der Waals surface area contributed by atoms with Crippen LogP contribution in [0, 0.1) is 24.6 Å². The molecule has 1 aliphatic carbocycles. The van der Waals surface area contributed by atoms with Gasteiger partial charge in [-0.3, -0.25) is 33.8 Å². The molecule has 4 aromatic rings. The molecule has 0 radical (unpaired) electrons. The van der Waals surface area contributed by atoms with Crippen molar-refractivity contribution in [3.8, 4) is 23.2 Å². The molecule has 1 aromatic carbocycles. The minimum absolute atomic E-state index is 0.0208. The van der Waals surface area contributed by atoms with Crippen molar-refractivity contribution in [1.29, 1.82) is 0 Å². The number of aliphatic imine (C=N–C) groups is 1. The lowest BCUT2D eigenvalue weighted by atomic mass is 9.81. The van der Waals surface area contributed by atoms with Crippen molar-refractivity contribution in [2.75, 3.05) is 39.3 Å². The second kappa shape index (κ2) is 23.7. The lowest BCUT2D eigenvalue weighted by molar-refractivity contribution is -0.172. The van der Waals surface area contributed by atoms with Crippen molar-refractivity contribution in [3.05, 3.63) is 79.6 Å². The average molecular weight is 1070 g/mol. The molecule has 5 heterocycles. The summed E-state index contributed by atoms with van der Waals surface area (Å²) in [5.41, 5.74) is 12.2. The number of hydrogen-bond acceptors (Lipinski definition) is 17. The van der Waals surface area contributed by atoms with E-state index in [4.69, 9.17) is 25.9 Å². The van der Waals surface area contributed by atoms with Gasteiger partial charge in [0.25, 0.3) is 5.56 Å². The summed E-state index contributed by atoms with van der Waals surface area (Å²) >= 11 is 0. The number of halogens is 1. The molecule has 5 amide bonds. The number of benzene rings is 1. The van der Waals surface area contributed by atoms with Gasteiger partial charge in [-0.05, 0) is 68.2 Å². The number of nitrogens with zero attached hydrogens (tertiary/aromatic N) is 5. The predicted molar refractivity (Wildman–Crippen MR) is 267 cm³/mol. The van der Waals surface area contributed by atoms with Gasteiger partial charge in [0, 0.05) is 60.6 Å². The highest BCUT2D eigenvalue weighted by Crippen LogP contribution is 2.46. The van der Waals surface area contributed by atoms with Crippen LogP contribution in [0.1, 0.15) is 96.9 Å². The zero-order valence-electron chi connectivity index (χ0n) is 41.7. The highest BCUT2D eigenvalue weighted by atomic mass is 32.2. The van der Waals surface area contributed by atoms with Crippen LogP contribution in [0.3, 0.4) is 0 Å². The Kier molecular flexibility index (Phi) is 17.4. The van der Waals surface area contributed by atoms with Crippen LogP contribution in [0.5, 0.6) is 0 Å². The van der Waals surface area contributed by atoms with Crippen molar-refractivity contribution in [2.24, 2.45) is 16.5 Å². The van der Waals surface area contributed by atoms with Gasteiger partial charge in [0.15, 0.2) is 11.6 Å². The maximum atomic E-state index is 15.4. The molecule has 2 aliphatic heterocycles. The van der Waals surface area contributed by atoms with Gasteiger partial charge in [-0.25, -0.2) is 32.6 Å². The zero-order valence-corrected chi connectivity index (χ0v) is 42.5. The molecule has 4 atom stereocenters. The molecule has 0 fully saturated rings. The first kappa shape index (κ1) is 55.8. The number of carbonyl (C=O) groups excluding carboxylic acids is 6. The fourth-order valence-corrected chi connectivity index (χ4v) is 9.66. The number of unbranched alkanes of at least 4 members (excludes halogenated alkanes) is 1. The second-order valence-corrected chi connectivity index (χ2v) is 20.2. The van der Waals surface area contributed by atoms with Gasteiger partial charge in [0.2, 0.25) is 44.5 Å². The summed E-state index contributed by atoms with van der Waals surface area (Å²) in [4.78, 5) is 108. The van der Waals surface area contributed by atoms with E-state index in [1.807, 2.05) is 0 Å². The Balaban J connectivity index is 0.928. The maximum absolute atomic E-state index is 15.4. The Morgan fingerprint density at radius 1 is 1.03 bits per heavy atom. The fraction of sp³-hybridized carbons (Fsp3) is 0.449. The lowest BCUT2D eigenvalue weighted by Crippen LogP contribution is -2.53. The van der Waals surface area contributed by atoms with E-state index in [0.717, 1.165) is 6.26 Å². The summed E-state index contributed by atoms with van der Waals surface area (Å²) in [5.74, 6) is 0.423. The predicted octanol–water partition coefficient (Wildman–Crippen LogP) is -1.73. The lowest BCUT2D eigenvalue weighted by Gasteiger charge is -2.31. The Labute approximate surface area is 434 Å². The number of ether oxygens (including phenoxy) is 2. The standard InChI is InChI=1S/C49H57FN12O13S/c1-4-49(71)30-15-36-42-28(20-62(36)45(69)29(30)22-75-46(49)70)41-32(13-12-27-25(2)31(50)16-34(61-42)40(27)41)58-39(66)23-74-24-57-43(67)33(10-8-14-53-47(51)52)59-38(65)19-54-44(68)35(21-63)60-37(64)11-7-5-6-9-26-17-55-48(56-18-26)76(3,72)73/h15-18,32-33,35,63,71H,4-5,7-8,10-14,19-24H2,1-3H3,(H,54,68)(H,57,67)(H,58,66)(H,59,65)(H,60,64)(H4,51,52,53)/t32-,33-,35-,49-/m0/s1. The fourth-order valence-electron chi connectivity index (χ4n) is 9.17. The van der Waals surface area contributed by atoms with E-state index in [2.05, 4.69) is 53.4 Å². The number of aliphatic hydroxyl groups excluding tert-OH is 1. The van der Waals surface area contributed by atoms with Crippen LogP contribution in [-0.2, 0) is 73.3 Å². The molecule has 0 saturated carbocycles. The third-order valence-electron chi connectivity index (χ3n) is 13.0. The van der Waals surface area contributed by atoms with E-state index < -0.39 is 107 Å². The number of nitrogens with one attached hydrogen (secondary N) is 5. The molecule has 3 aliphatic rings. The van der Waals surface area contributed by atoms with Crippen LogP contribution < -0.4 is 43.6 Å². The molecular formula is C49H57FN12O13S. The number of amides is 5. The van der Waals surface area contributed by atoms with E-state index >= 15 is 4.39 Å². The van der Waals surface area contributed by atoms with E-state index in [-0.39, 0.29) is 86.0 Å². The van der Waals surface area contributed by atoms with Gasteiger partial charge >= 0.3 is 5.97 Å². The Morgan fingerprint density at radius 3 is 2.45 bits per heavy atom. The van der Waals surface area contributed by atoms with Crippen LogP contribution >= 0.6 is 0 Å². The van der Waals surface area contributed by atoms with Gasteiger partial charge in [0.05, 0.1) is 53.8 Å². The van der Waals surface area contributed by atoms with Crippen LogP contribution in [0.15, 0.2) is 39.5 Å². The first-order valence-corrected chi connectivity index (χ1v) is 26.0. The van der Waals surface area contributed by atoms with Crippen molar-refractivity contribution >= 4 is 62.2 Å². The largest absolute Gasteiger partial charge is 0.458 e. The average Bonchev–Trinajstić information content (AvgIpc) is 3.77. The molecule has 76 heavy (non-hydrogen) atoms. The Hall–Kier alpha value is -7.93. The third kappa shape index (κ3) is 12.4. The van der Waals surface area contributed by atoms with Crippen molar-refractivity contribution in [3.63, 3.8) is 0 Å².